The average Bonchev–Trinajstić information content (AvgIpc) is 3.36. The number of carbonyl (C=O) groups excluding carboxylic acids is 1. The van der Waals surface area contributed by atoms with Crippen LogP contribution < -0.4 is 5.32 Å². The third-order valence-electron chi connectivity index (χ3n) is 6.28. The van der Waals surface area contributed by atoms with Crippen LogP contribution in [0.3, 0.4) is 0 Å². The molecule has 4 atom stereocenters. The first kappa shape index (κ1) is 18.5. The highest BCUT2D eigenvalue weighted by Gasteiger charge is 2.42. The van der Waals surface area contributed by atoms with Gasteiger partial charge in [-0.3, -0.25) is 9.36 Å². The fourth-order valence-electron chi connectivity index (χ4n) is 5.00. The third-order valence-corrected chi connectivity index (χ3v) is 7.23. The maximum atomic E-state index is 12.5. The summed E-state index contributed by atoms with van der Waals surface area (Å²) in [7, 11) is 0. The molecule has 4 rings (SSSR count). The number of aromatic nitrogens is 3. The van der Waals surface area contributed by atoms with Gasteiger partial charge >= 0.3 is 0 Å². The van der Waals surface area contributed by atoms with Crippen molar-refractivity contribution in [3.8, 4) is 5.69 Å². The van der Waals surface area contributed by atoms with E-state index in [1.165, 1.54) is 48.6 Å². The van der Waals surface area contributed by atoms with Crippen molar-refractivity contribution >= 4 is 17.7 Å². The molecule has 4 unspecified atom stereocenters. The molecule has 5 nitrogen and oxygen atoms in total. The van der Waals surface area contributed by atoms with Gasteiger partial charge in [0, 0.05) is 6.04 Å². The van der Waals surface area contributed by atoms with Gasteiger partial charge in [-0.05, 0) is 69.4 Å². The minimum atomic E-state index is 0.0884. The van der Waals surface area contributed by atoms with Gasteiger partial charge in [-0.2, -0.15) is 0 Å². The number of fused-ring (bicyclic) bond motifs is 2. The van der Waals surface area contributed by atoms with Crippen LogP contribution in [0.15, 0.2) is 29.7 Å². The molecule has 144 valence electrons. The molecule has 2 fully saturated rings. The van der Waals surface area contributed by atoms with Crippen molar-refractivity contribution in [1.29, 1.82) is 0 Å². The Morgan fingerprint density at radius 2 is 2.19 bits per heavy atom. The minimum Gasteiger partial charge on any atom is -0.353 e. The van der Waals surface area contributed by atoms with E-state index in [9.17, 15) is 4.79 Å². The molecular weight excluding hydrogens is 356 g/mol. The van der Waals surface area contributed by atoms with Crippen LogP contribution in [-0.4, -0.2) is 32.5 Å². The van der Waals surface area contributed by atoms with Gasteiger partial charge < -0.3 is 5.32 Å². The van der Waals surface area contributed by atoms with E-state index in [0.29, 0.717) is 11.7 Å². The van der Waals surface area contributed by atoms with E-state index >= 15 is 0 Å². The van der Waals surface area contributed by atoms with Crippen LogP contribution in [0.25, 0.3) is 5.69 Å². The van der Waals surface area contributed by atoms with Gasteiger partial charge in [-0.25, -0.2) is 0 Å². The summed E-state index contributed by atoms with van der Waals surface area (Å²) >= 11 is 1.45. The van der Waals surface area contributed by atoms with Crippen molar-refractivity contribution in [3.63, 3.8) is 0 Å². The Bertz CT molecular complexity index is 833. The first-order valence-corrected chi connectivity index (χ1v) is 10.9. The first-order valence-electron chi connectivity index (χ1n) is 9.91. The van der Waals surface area contributed by atoms with Gasteiger partial charge in [-0.15, -0.1) is 10.2 Å². The van der Waals surface area contributed by atoms with Gasteiger partial charge in [0.2, 0.25) is 5.91 Å². The number of carbonyl (C=O) groups is 1. The lowest BCUT2D eigenvalue weighted by Crippen LogP contribution is -2.40. The van der Waals surface area contributed by atoms with Gasteiger partial charge in [0.05, 0.1) is 11.4 Å². The molecule has 1 aromatic carbocycles. The Balaban J connectivity index is 1.35. The second-order valence-electron chi connectivity index (χ2n) is 8.26. The van der Waals surface area contributed by atoms with Crippen LogP contribution in [0.2, 0.25) is 0 Å². The van der Waals surface area contributed by atoms with Crippen LogP contribution >= 0.6 is 11.8 Å². The molecule has 0 saturated heterocycles. The topological polar surface area (TPSA) is 59.8 Å². The van der Waals surface area contributed by atoms with Crippen molar-refractivity contribution in [2.24, 2.45) is 17.8 Å². The fraction of sp³-hybridized carbons (Fsp3) is 0.571. The van der Waals surface area contributed by atoms with Crippen LogP contribution in [0.1, 0.15) is 43.7 Å². The molecule has 1 aromatic heterocycles. The molecule has 1 N–H and O–H groups in total. The molecule has 0 spiro atoms. The summed E-state index contributed by atoms with van der Waals surface area (Å²) < 4.78 is 1.96. The molecule has 0 radical (unpaired) electrons. The highest BCUT2D eigenvalue weighted by molar-refractivity contribution is 7.99. The van der Waals surface area contributed by atoms with Crippen LogP contribution in [0, 0.1) is 31.6 Å². The molecule has 2 aliphatic rings. The molecule has 1 amide bonds. The number of aryl methyl sites for hydroxylation is 2. The monoisotopic (exact) mass is 384 g/mol. The quantitative estimate of drug-likeness (QED) is 0.767. The van der Waals surface area contributed by atoms with E-state index in [-0.39, 0.29) is 11.9 Å². The molecule has 0 aliphatic heterocycles. The zero-order valence-corrected chi connectivity index (χ0v) is 17.1. The highest BCUT2D eigenvalue weighted by atomic mass is 32.2. The fourth-order valence-corrected chi connectivity index (χ4v) is 5.74. The SMILES string of the molecule is Cc1ccc(-n2cnnc2SCC(=O)NC(C)C2CC3CCC2C3)c(C)c1. The number of nitrogens with one attached hydrogen (secondary N) is 1. The van der Waals surface area contributed by atoms with Crippen LogP contribution in [0.4, 0.5) is 0 Å². The highest BCUT2D eigenvalue weighted by Crippen LogP contribution is 2.49. The van der Waals surface area contributed by atoms with E-state index in [1.54, 1.807) is 6.33 Å². The van der Waals surface area contributed by atoms with Crippen LogP contribution in [0.5, 0.6) is 0 Å². The zero-order chi connectivity index (χ0) is 19.0. The average molecular weight is 385 g/mol. The Morgan fingerprint density at radius 1 is 1.33 bits per heavy atom. The van der Waals surface area contributed by atoms with Crippen molar-refractivity contribution in [2.75, 3.05) is 5.75 Å². The predicted molar refractivity (Wildman–Crippen MR) is 108 cm³/mol. The lowest BCUT2D eigenvalue weighted by atomic mass is 9.84. The Hall–Kier alpha value is -1.82. The molecule has 1 heterocycles. The molecule has 2 saturated carbocycles. The summed E-state index contributed by atoms with van der Waals surface area (Å²) in [5.41, 5.74) is 3.46. The van der Waals surface area contributed by atoms with Crippen molar-refractivity contribution in [3.05, 3.63) is 35.7 Å². The van der Waals surface area contributed by atoms with Gasteiger partial charge in [0.25, 0.3) is 0 Å². The molecular formula is C21H28N4OS. The van der Waals surface area contributed by atoms with Gasteiger partial charge in [0.1, 0.15) is 6.33 Å². The number of nitrogens with zero attached hydrogens (tertiary/aromatic N) is 3. The van der Waals surface area contributed by atoms with Crippen molar-refractivity contribution in [2.45, 2.75) is 57.7 Å². The van der Waals surface area contributed by atoms with Gasteiger partial charge in [-0.1, -0.05) is 35.9 Å². The summed E-state index contributed by atoms with van der Waals surface area (Å²) in [6.45, 7) is 6.34. The molecule has 2 aliphatic carbocycles. The molecule has 2 bridgehead atoms. The molecule has 2 aromatic rings. The minimum absolute atomic E-state index is 0.0884. The first-order chi connectivity index (χ1) is 13.0. The zero-order valence-electron chi connectivity index (χ0n) is 16.3. The largest absolute Gasteiger partial charge is 0.353 e. The summed E-state index contributed by atoms with van der Waals surface area (Å²) in [5.74, 6) is 2.85. The Kier molecular flexibility index (Phi) is 5.26. The molecule has 27 heavy (non-hydrogen) atoms. The number of hydrogen-bond donors (Lipinski definition) is 1. The smallest absolute Gasteiger partial charge is 0.230 e. The van der Waals surface area contributed by atoms with E-state index in [2.05, 4.69) is 54.5 Å². The number of thioether (sulfide) groups is 1. The number of benzene rings is 1. The number of hydrogen-bond acceptors (Lipinski definition) is 4. The van der Waals surface area contributed by atoms with E-state index < -0.39 is 0 Å². The second kappa shape index (κ2) is 7.66. The predicted octanol–water partition coefficient (Wildman–Crippen LogP) is 3.92. The third kappa shape index (κ3) is 3.91. The Labute approximate surface area is 165 Å². The lowest BCUT2D eigenvalue weighted by Gasteiger charge is -2.28. The lowest BCUT2D eigenvalue weighted by molar-refractivity contribution is -0.119. The van der Waals surface area contributed by atoms with Gasteiger partial charge in [0.15, 0.2) is 5.16 Å². The summed E-state index contributed by atoms with van der Waals surface area (Å²) in [4.78, 5) is 12.5. The van der Waals surface area contributed by atoms with E-state index in [4.69, 9.17) is 0 Å². The van der Waals surface area contributed by atoms with E-state index in [0.717, 1.165) is 22.7 Å². The standard InChI is InChI=1S/C21H28N4OS/c1-13-4-7-19(14(2)8-13)25-12-22-24-21(25)27-11-20(26)23-15(3)18-10-16-5-6-17(18)9-16/h4,7-8,12,15-18H,5-6,9-11H2,1-3H3,(H,23,26). The van der Waals surface area contributed by atoms with Crippen molar-refractivity contribution < 1.29 is 4.79 Å². The van der Waals surface area contributed by atoms with E-state index in [1.807, 2.05) is 4.57 Å². The summed E-state index contributed by atoms with van der Waals surface area (Å²) in [6, 6.07) is 6.58. The maximum absolute atomic E-state index is 12.5. The Morgan fingerprint density at radius 3 is 2.89 bits per heavy atom. The molecule has 6 heteroatoms. The summed E-state index contributed by atoms with van der Waals surface area (Å²) in [6.07, 6.45) is 7.13. The van der Waals surface area contributed by atoms with Crippen LogP contribution in [-0.2, 0) is 4.79 Å². The second-order valence-corrected chi connectivity index (χ2v) is 9.20. The number of rotatable bonds is 6. The van der Waals surface area contributed by atoms with Crippen molar-refractivity contribution in [1.82, 2.24) is 20.1 Å². The maximum Gasteiger partial charge on any atom is 0.230 e. The summed E-state index contributed by atoms with van der Waals surface area (Å²) in [5, 5.41) is 12.2. The normalized spacial score (nSPS) is 24.9. The number of amides is 1.